The maximum Gasteiger partial charge on any atom is 0.421 e. The number of sulfonamides is 1. The lowest BCUT2D eigenvalue weighted by Gasteiger charge is -2.43. The second-order valence-electron chi connectivity index (χ2n) is 9.58. The number of alkyl halides is 3. The Balaban J connectivity index is 1.54. The van der Waals surface area contributed by atoms with E-state index in [1.54, 1.807) is 17.5 Å². The van der Waals surface area contributed by atoms with Gasteiger partial charge >= 0.3 is 6.18 Å². The molecule has 0 unspecified atom stereocenters. The number of piperazine rings is 1. The number of ether oxygens (including phenoxy) is 2. The summed E-state index contributed by atoms with van der Waals surface area (Å²) in [6.07, 6.45) is -4.81. The number of hydrogen-bond donors (Lipinski definition) is 1. The molecule has 1 aromatic carbocycles. The van der Waals surface area contributed by atoms with Gasteiger partial charge in [0, 0.05) is 30.7 Å². The molecule has 0 amide bonds. The molecule has 0 saturated carbocycles. The lowest BCUT2D eigenvalue weighted by molar-refractivity contribution is -0.258. The average molecular weight is 535 g/mol. The van der Waals surface area contributed by atoms with Gasteiger partial charge in [-0.2, -0.15) is 17.5 Å². The molecule has 0 bridgehead atoms. The molecule has 0 radical (unpaired) electrons. The molecule has 1 N–H and O–H groups in total. The molecule has 0 spiro atoms. The highest BCUT2D eigenvalue weighted by Crippen LogP contribution is 2.39. The fraction of sp³-hybridized carbons (Fsp3) is 0.565. The van der Waals surface area contributed by atoms with Crippen LogP contribution in [0.15, 0.2) is 46.0 Å². The number of halogens is 3. The Morgan fingerprint density at radius 3 is 2.43 bits per heavy atom. The van der Waals surface area contributed by atoms with Gasteiger partial charge in [-0.15, -0.1) is 11.3 Å². The zero-order chi connectivity index (χ0) is 25.5. The number of aliphatic hydroxyl groups is 1. The normalized spacial score (nSPS) is 23.0. The molecule has 12 heteroatoms. The molecule has 2 aliphatic rings. The zero-order valence-electron chi connectivity index (χ0n) is 19.5. The zero-order valence-corrected chi connectivity index (χ0v) is 21.1. The van der Waals surface area contributed by atoms with Crippen molar-refractivity contribution in [2.45, 2.75) is 35.9 Å². The first kappa shape index (κ1) is 26.4. The van der Waals surface area contributed by atoms with Gasteiger partial charge in [0.2, 0.25) is 0 Å². The molecule has 2 atom stereocenters. The second-order valence-corrected chi connectivity index (χ2v) is 12.7. The fourth-order valence-electron chi connectivity index (χ4n) is 4.18. The first-order chi connectivity index (χ1) is 16.3. The van der Waals surface area contributed by atoms with Crippen LogP contribution in [0.2, 0.25) is 0 Å². The summed E-state index contributed by atoms with van der Waals surface area (Å²) >= 11 is 1.16. The Labute approximate surface area is 207 Å². The smallest absolute Gasteiger partial charge is 0.380 e. The minimum absolute atomic E-state index is 0.0763. The van der Waals surface area contributed by atoms with Gasteiger partial charge in [-0.3, -0.25) is 0 Å². The van der Waals surface area contributed by atoms with Gasteiger partial charge in [-0.25, -0.2) is 8.42 Å². The van der Waals surface area contributed by atoms with E-state index in [9.17, 15) is 26.7 Å². The van der Waals surface area contributed by atoms with Crippen LogP contribution in [0.3, 0.4) is 0 Å². The van der Waals surface area contributed by atoms with Crippen molar-refractivity contribution in [3.05, 3.63) is 47.3 Å². The summed E-state index contributed by atoms with van der Waals surface area (Å²) in [5.41, 5.74) is -2.68. The van der Waals surface area contributed by atoms with Crippen molar-refractivity contribution < 1.29 is 36.2 Å². The van der Waals surface area contributed by atoms with Crippen molar-refractivity contribution in [3.8, 4) is 0 Å². The first-order valence-corrected chi connectivity index (χ1v) is 13.5. The quantitative estimate of drug-likeness (QED) is 0.559. The third kappa shape index (κ3) is 5.37. The largest absolute Gasteiger partial charge is 0.421 e. The Kier molecular flexibility index (Phi) is 7.26. The maximum atomic E-state index is 13.2. The molecular weight excluding hydrogens is 505 g/mol. The van der Waals surface area contributed by atoms with Crippen molar-refractivity contribution in [2.75, 3.05) is 51.0 Å². The summed E-state index contributed by atoms with van der Waals surface area (Å²) in [4.78, 5) is 1.95. The monoisotopic (exact) mass is 534 g/mol. The Hall–Kier alpha value is -1.70. The van der Waals surface area contributed by atoms with Crippen LogP contribution in [0, 0.1) is 5.41 Å². The fourth-order valence-corrected chi connectivity index (χ4v) is 6.79. The van der Waals surface area contributed by atoms with Crippen LogP contribution in [0.4, 0.5) is 18.9 Å². The summed E-state index contributed by atoms with van der Waals surface area (Å²) in [6, 6.07) is 8.45. The highest BCUT2D eigenvalue weighted by Gasteiger charge is 2.51. The molecule has 7 nitrogen and oxygen atoms in total. The third-order valence-electron chi connectivity index (χ3n) is 6.51. The summed E-state index contributed by atoms with van der Waals surface area (Å²) in [6.45, 7) is 5.41. The van der Waals surface area contributed by atoms with Crippen LogP contribution in [-0.4, -0.2) is 76.1 Å². The average Bonchev–Trinajstić information content (AvgIpc) is 3.33. The molecule has 3 heterocycles. The van der Waals surface area contributed by atoms with Crippen molar-refractivity contribution in [1.29, 1.82) is 0 Å². The van der Waals surface area contributed by atoms with E-state index in [2.05, 4.69) is 0 Å². The number of thiophene rings is 1. The molecule has 2 aromatic rings. The van der Waals surface area contributed by atoms with Crippen molar-refractivity contribution >= 4 is 27.0 Å². The summed E-state index contributed by atoms with van der Waals surface area (Å²) in [5.74, 6) is 0. The topological polar surface area (TPSA) is 79.3 Å². The van der Waals surface area contributed by atoms with Crippen LogP contribution >= 0.6 is 11.3 Å². The van der Waals surface area contributed by atoms with E-state index in [0.29, 0.717) is 32.1 Å². The van der Waals surface area contributed by atoms with Crippen LogP contribution in [-0.2, 0) is 25.1 Å². The summed E-state index contributed by atoms with van der Waals surface area (Å²) in [5, 5.41) is 11.7. The Morgan fingerprint density at radius 1 is 1.20 bits per heavy atom. The number of hydrogen-bond acceptors (Lipinski definition) is 7. The summed E-state index contributed by atoms with van der Waals surface area (Å²) < 4.78 is 78.8. The molecule has 4 rings (SSSR count). The highest BCUT2D eigenvalue weighted by atomic mass is 32.2. The number of rotatable bonds is 8. The van der Waals surface area contributed by atoms with Crippen LogP contribution in [0.25, 0.3) is 0 Å². The minimum atomic E-state index is -4.81. The lowest BCUT2D eigenvalue weighted by atomic mass is 9.90. The van der Waals surface area contributed by atoms with E-state index < -0.39 is 21.8 Å². The number of nitrogens with zero attached hydrogens (tertiary/aromatic N) is 2. The SMILES string of the molecule is CC1(COC[C@H]2CN(S(=O)(=O)c3cccs3)CCN2c2ccc([C@@](C)(O)C(F)(F)F)cc2)COC1. The predicted octanol–water partition coefficient (Wildman–Crippen LogP) is 3.45. The van der Waals surface area contributed by atoms with Crippen molar-refractivity contribution in [2.24, 2.45) is 5.41 Å². The first-order valence-electron chi connectivity index (χ1n) is 11.2. The summed E-state index contributed by atoms with van der Waals surface area (Å²) in [7, 11) is -3.66. The van der Waals surface area contributed by atoms with Crippen LogP contribution in [0.1, 0.15) is 19.4 Å². The highest BCUT2D eigenvalue weighted by molar-refractivity contribution is 7.91. The van der Waals surface area contributed by atoms with E-state index in [-0.39, 0.29) is 40.9 Å². The van der Waals surface area contributed by atoms with Gasteiger partial charge < -0.3 is 19.5 Å². The molecule has 35 heavy (non-hydrogen) atoms. The van der Waals surface area contributed by atoms with Crippen LogP contribution < -0.4 is 4.90 Å². The van der Waals surface area contributed by atoms with Crippen LogP contribution in [0.5, 0.6) is 0 Å². The van der Waals surface area contributed by atoms with E-state index in [1.807, 2.05) is 11.8 Å². The van der Waals surface area contributed by atoms with E-state index >= 15 is 0 Å². The van der Waals surface area contributed by atoms with Gasteiger partial charge in [0.1, 0.15) is 4.21 Å². The van der Waals surface area contributed by atoms with Gasteiger partial charge in [0.15, 0.2) is 5.60 Å². The Bertz CT molecular complexity index is 1100. The predicted molar refractivity (Wildman–Crippen MR) is 126 cm³/mol. The minimum Gasteiger partial charge on any atom is -0.380 e. The van der Waals surface area contributed by atoms with E-state index in [0.717, 1.165) is 18.3 Å². The Morgan fingerprint density at radius 2 is 1.89 bits per heavy atom. The molecule has 2 fully saturated rings. The van der Waals surface area contributed by atoms with Crippen molar-refractivity contribution in [3.63, 3.8) is 0 Å². The molecule has 1 aromatic heterocycles. The number of benzene rings is 1. The van der Waals surface area contributed by atoms with Gasteiger partial charge in [0.05, 0.1) is 32.5 Å². The molecular formula is C23H29F3N2O5S2. The lowest BCUT2D eigenvalue weighted by Crippen LogP contribution is -2.57. The molecule has 2 aliphatic heterocycles. The maximum absolute atomic E-state index is 13.2. The van der Waals surface area contributed by atoms with Crippen molar-refractivity contribution in [1.82, 2.24) is 4.31 Å². The van der Waals surface area contributed by atoms with Gasteiger partial charge in [-0.1, -0.05) is 25.1 Å². The van der Waals surface area contributed by atoms with Gasteiger partial charge in [-0.05, 0) is 36.1 Å². The molecule has 0 aliphatic carbocycles. The van der Waals surface area contributed by atoms with E-state index in [4.69, 9.17) is 9.47 Å². The molecule has 194 valence electrons. The van der Waals surface area contributed by atoms with E-state index in [1.165, 1.54) is 28.6 Å². The third-order valence-corrected chi connectivity index (χ3v) is 9.75. The molecule has 2 saturated heterocycles. The standard InChI is InChI=1S/C23H29F3N2O5S2/c1-21(15-33-16-21)14-32-13-19-12-27(35(30,31)20-4-3-11-34-20)9-10-28(19)18-7-5-17(6-8-18)22(2,29)23(24,25)26/h3-8,11,19,29H,9-10,12-16H2,1-2H3/t19-,22-/m1/s1. The number of anilines is 1. The second kappa shape index (κ2) is 9.64. The van der Waals surface area contributed by atoms with Gasteiger partial charge in [0.25, 0.3) is 10.0 Å².